The third kappa shape index (κ3) is 4.31. The molecule has 0 atom stereocenters. The van der Waals surface area contributed by atoms with E-state index in [1.807, 2.05) is 25.1 Å². The van der Waals surface area contributed by atoms with Crippen molar-refractivity contribution in [3.8, 4) is 0 Å². The Hall–Kier alpha value is -2.37. The summed E-state index contributed by atoms with van der Waals surface area (Å²) in [5.41, 5.74) is 3.59. The van der Waals surface area contributed by atoms with Gasteiger partial charge in [-0.3, -0.25) is 14.2 Å². The number of carbonyl (C=O) groups is 1. The van der Waals surface area contributed by atoms with E-state index in [1.54, 1.807) is 48.9 Å². The molecule has 0 unspecified atom stereocenters. The van der Waals surface area contributed by atoms with Crippen molar-refractivity contribution in [1.82, 2.24) is 9.55 Å². The van der Waals surface area contributed by atoms with Crippen LogP contribution in [0.15, 0.2) is 58.5 Å². The van der Waals surface area contributed by atoms with Crippen molar-refractivity contribution < 1.29 is 4.79 Å². The summed E-state index contributed by atoms with van der Waals surface area (Å²) in [4.78, 5) is 29.4. The van der Waals surface area contributed by atoms with E-state index < -0.39 is 0 Å². The molecule has 3 rings (SSSR count). The van der Waals surface area contributed by atoms with Crippen LogP contribution < -0.4 is 5.56 Å². The smallest absolute Gasteiger partial charge is 0.257 e. The minimum atomic E-state index is -0.0461. The van der Waals surface area contributed by atoms with Gasteiger partial charge in [0.2, 0.25) is 0 Å². The number of halogens is 1. The Morgan fingerprint density at radius 2 is 1.81 bits per heavy atom. The average molecular weight is 399 g/mol. The number of hydrogen-bond donors (Lipinski definition) is 0. The molecule has 0 aliphatic heterocycles. The average Bonchev–Trinajstić information content (AvgIpc) is 2.68. The summed E-state index contributed by atoms with van der Waals surface area (Å²) < 4.78 is 1.57. The van der Waals surface area contributed by atoms with Gasteiger partial charge in [-0.15, -0.1) is 0 Å². The summed E-state index contributed by atoms with van der Waals surface area (Å²) in [7, 11) is 1.73. The summed E-state index contributed by atoms with van der Waals surface area (Å²) in [6.07, 6.45) is 0. The van der Waals surface area contributed by atoms with E-state index in [9.17, 15) is 9.59 Å². The molecule has 0 aliphatic carbocycles. The molecule has 138 valence electrons. The molecule has 0 spiro atoms. The molecule has 1 aromatic heterocycles. The number of benzene rings is 2. The van der Waals surface area contributed by atoms with Crippen molar-refractivity contribution in [3.05, 3.63) is 91.9 Å². The van der Waals surface area contributed by atoms with E-state index in [0.717, 1.165) is 11.3 Å². The number of aryl methyl sites for hydroxylation is 1. The van der Waals surface area contributed by atoms with E-state index in [-0.39, 0.29) is 11.3 Å². The first-order chi connectivity index (χ1) is 12.9. The quantitative estimate of drug-likeness (QED) is 0.359. The predicted molar refractivity (Wildman–Crippen MR) is 110 cm³/mol. The molecule has 0 N–H and O–H groups in total. The van der Waals surface area contributed by atoms with Crippen molar-refractivity contribution >= 4 is 29.1 Å². The van der Waals surface area contributed by atoms with E-state index in [4.69, 9.17) is 11.6 Å². The van der Waals surface area contributed by atoms with Crippen molar-refractivity contribution in [1.29, 1.82) is 0 Å². The summed E-state index contributed by atoms with van der Waals surface area (Å²) in [6, 6.07) is 14.4. The van der Waals surface area contributed by atoms with E-state index in [1.165, 1.54) is 11.8 Å². The van der Waals surface area contributed by atoms with Crippen molar-refractivity contribution in [2.24, 2.45) is 7.05 Å². The molecule has 6 heteroatoms. The Balaban J connectivity index is 1.80. The van der Waals surface area contributed by atoms with Gasteiger partial charge in [-0.05, 0) is 49.7 Å². The van der Waals surface area contributed by atoms with Gasteiger partial charge in [0.05, 0.1) is 0 Å². The van der Waals surface area contributed by atoms with Gasteiger partial charge in [-0.1, -0.05) is 41.6 Å². The van der Waals surface area contributed by atoms with Gasteiger partial charge in [0.25, 0.3) is 5.56 Å². The standard InChI is InChI=1S/C21H19ClN2O2S/c1-13-14(2)23-21(24(3)20(13)26)27-12-15-5-4-6-17(11-15)19(25)16-7-9-18(22)10-8-16/h4-11H,12H2,1-3H3. The maximum absolute atomic E-state index is 12.7. The van der Waals surface area contributed by atoms with Gasteiger partial charge < -0.3 is 0 Å². The Labute approximate surface area is 167 Å². The molecule has 0 bridgehead atoms. The molecule has 1 heterocycles. The number of rotatable bonds is 5. The largest absolute Gasteiger partial charge is 0.291 e. The van der Waals surface area contributed by atoms with Gasteiger partial charge in [-0.2, -0.15) is 0 Å². The molecule has 0 radical (unpaired) electrons. The first-order valence-electron chi connectivity index (χ1n) is 8.43. The Kier molecular flexibility index (Phi) is 5.82. The zero-order valence-corrected chi connectivity index (χ0v) is 16.9. The highest BCUT2D eigenvalue weighted by molar-refractivity contribution is 7.98. The fourth-order valence-electron chi connectivity index (χ4n) is 2.64. The van der Waals surface area contributed by atoms with E-state index in [0.29, 0.717) is 32.6 Å². The van der Waals surface area contributed by atoms with E-state index in [2.05, 4.69) is 4.98 Å². The second kappa shape index (κ2) is 8.11. The van der Waals surface area contributed by atoms with Gasteiger partial charge in [-0.25, -0.2) is 4.98 Å². The Bertz CT molecular complexity index is 1060. The molecule has 3 aromatic rings. The first-order valence-corrected chi connectivity index (χ1v) is 9.79. The summed E-state index contributed by atoms with van der Waals surface area (Å²) >= 11 is 7.37. The van der Waals surface area contributed by atoms with Crippen molar-refractivity contribution in [2.45, 2.75) is 24.8 Å². The molecule has 4 nitrogen and oxygen atoms in total. The van der Waals surface area contributed by atoms with Crippen LogP contribution in [-0.4, -0.2) is 15.3 Å². The molecular weight excluding hydrogens is 380 g/mol. The number of carbonyl (C=O) groups excluding carboxylic acids is 1. The maximum atomic E-state index is 12.7. The lowest BCUT2D eigenvalue weighted by atomic mass is 10.0. The Morgan fingerprint density at radius 1 is 1.11 bits per heavy atom. The highest BCUT2D eigenvalue weighted by Gasteiger charge is 2.12. The lowest BCUT2D eigenvalue weighted by Gasteiger charge is -2.10. The zero-order valence-electron chi connectivity index (χ0n) is 15.3. The molecule has 0 saturated carbocycles. The number of thioether (sulfide) groups is 1. The van der Waals surface area contributed by atoms with Crippen LogP contribution in [0.3, 0.4) is 0 Å². The van der Waals surface area contributed by atoms with Crippen molar-refractivity contribution in [2.75, 3.05) is 0 Å². The van der Waals surface area contributed by atoms with Gasteiger partial charge in [0.1, 0.15) is 0 Å². The third-order valence-corrected chi connectivity index (χ3v) is 5.73. The zero-order chi connectivity index (χ0) is 19.6. The number of aromatic nitrogens is 2. The topological polar surface area (TPSA) is 52.0 Å². The molecule has 27 heavy (non-hydrogen) atoms. The normalized spacial score (nSPS) is 10.8. The summed E-state index contributed by atoms with van der Waals surface area (Å²) in [6.45, 7) is 3.62. The molecule has 2 aromatic carbocycles. The van der Waals surface area contributed by atoms with E-state index >= 15 is 0 Å². The van der Waals surface area contributed by atoms with Crippen LogP contribution in [0, 0.1) is 13.8 Å². The van der Waals surface area contributed by atoms with Crippen molar-refractivity contribution in [3.63, 3.8) is 0 Å². The fourth-order valence-corrected chi connectivity index (χ4v) is 3.72. The molecule has 0 amide bonds. The van der Waals surface area contributed by atoms with Crippen LogP contribution in [-0.2, 0) is 12.8 Å². The van der Waals surface area contributed by atoms with Crippen LogP contribution in [0.1, 0.15) is 32.7 Å². The minimum Gasteiger partial charge on any atom is -0.291 e. The number of hydrogen-bond acceptors (Lipinski definition) is 4. The van der Waals surface area contributed by atoms with Crippen LogP contribution in [0.25, 0.3) is 0 Å². The van der Waals surface area contributed by atoms with Crippen LogP contribution in [0.2, 0.25) is 5.02 Å². The lowest BCUT2D eigenvalue weighted by molar-refractivity contribution is 0.103. The Morgan fingerprint density at radius 3 is 2.52 bits per heavy atom. The van der Waals surface area contributed by atoms with Gasteiger partial charge >= 0.3 is 0 Å². The second-order valence-corrected chi connectivity index (χ2v) is 7.67. The van der Waals surface area contributed by atoms with Crippen LogP contribution in [0.5, 0.6) is 0 Å². The maximum Gasteiger partial charge on any atom is 0.257 e. The molecular formula is C21H19ClN2O2S. The molecule has 0 saturated heterocycles. The van der Waals surface area contributed by atoms with Gasteiger partial charge in [0.15, 0.2) is 10.9 Å². The van der Waals surface area contributed by atoms with Crippen LogP contribution >= 0.6 is 23.4 Å². The van der Waals surface area contributed by atoms with Gasteiger partial charge in [0, 0.05) is 40.2 Å². The van der Waals surface area contributed by atoms with Crippen LogP contribution in [0.4, 0.5) is 0 Å². The summed E-state index contributed by atoms with van der Waals surface area (Å²) in [5.74, 6) is 0.570. The number of ketones is 1. The fraction of sp³-hybridized carbons (Fsp3) is 0.190. The SMILES string of the molecule is Cc1nc(SCc2cccc(C(=O)c3ccc(Cl)cc3)c2)n(C)c(=O)c1C. The first kappa shape index (κ1) is 19.4. The minimum absolute atomic E-state index is 0.0309. The summed E-state index contributed by atoms with van der Waals surface area (Å²) in [5, 5.41) is 1.26. The monoisotopic (exact) mass is 398 g/mol. The highest BCUT2D eigenvalue weighted by Crippen LogP contribution is 2.22. The predicted octanol–water partition coefficient (Wildman–Crippen LogP) is 4.57. The molecule has 0 fully saturated rings. The second-order valence-electron chi connectivity index (χ2n) is 6.29. The number of nitrogens with zero attached hydrogens (tertiary/aromatic N) is 2. The third-order valence-electron chi connectivity index (χ3n) is 4.38. The molecule has 0 aliphatic rings. The highest BCUT2D eigenvalue weighted by atomic mass is 35.5. The lowest BCUT2D eigenvalue weighted by Crippen LogP contribution is -2.23.